The molecule has 0 radical (unpaired) electrons. The number of aryl methyl sites for hydroxylation is 3. The van der Waals surface area contributed by atoms with Gasteiger partial charge in [0.05, 0.1) is 12.5 Å². The van der Waals surface area contributed by atoms with Crippen LogP contribution in [0.4, 0.5) is 8.78 Å². The van der Waals surface area contributed by atoms with Crippen LogP contribution in [0, 0.1) is 13.8 Å². The van der Waals surface area contributed by atoms with Crippen LogP contribution in [-0.4, -0.2) is 47.5 Å². The van der Waals surface area contributed by atoms with E-state index in [0.29, 0.717) is 30.1 Å². The molecule has 0 aliphatic rings. The lowest BCUT2D eigenvalue weighted by Crippen LogP contribution is -2.30. The average Bonchev–Trinajstić information content (AvgIpc) is 3.02. The average molecular weight is 434 g/mol. The lowest BCUT2D eigenvalue weighted by molar-refractivity contribution is -0.123. The minimum absolute atomic E-state index is 0.0501. The summed E-state index contributed by atoms with van der Waals surface area (Å²) in [6.07, 6.45) is 0.421. The Morgan fingerprint density at radius 1 is 1.23 bits per heavy atom. The van der Waals surface area contributed by atoms with Gasteiger partial charge in [-0.05, 0) is 49.6 Å². The molecule has 0 unspecified atom stereocenters. The first-order valence-electron chi connectivity index (χ1n) is 9.60. The SMILES string of the molecule is COc1ccc(CCNC(=O)COc2nn(C)c3nc(C)cc(C)c23)cc1OC(F)F. The van der Waals surface area contributed by atoms with E-state index >= 15 is 0 Å². The summed E-state index contributed by atoms with van der Waals surface area (Å²) in [5.74, 6) is 0.186. The highest BCUT2D eigenvalue weighted by Gasteiger charge is 2.16. The standard InChI is InChI=1S/C21H24F2N4O4/c1-12-9-13(2)25-19-18(12)20(26-27(19)3)30-11-17(28)24-8-7-14-5-6-15(29-4)16(10-14)31-21(22)23/h5-6,9-10,21H,7-8,11H2,1-4H3,(H,24,28). The number of aromatic nitrogens is 3. The number of ether oxygens (including phenoxy) is 3. The molecular formula is C21H24F2N4O4. The van der Waals surface area contributed by atoms with Gasteiger partial charge in [-0.2, -0.15) is 8.78 Å². The highest BCUT2D eigenvalue weighted by molar-refractivity contribution is 5.85. The highest BCUT2D eigenvalue weighted by atomic mass is 19.3. The second kappa shape index (κ2) is 9.59. The molecule has 2 aromatic heterocycles. The van der Waals surface area contributed by atoms with Crippen molar-refractivity contribution in [3.63, 3.8) is 0 Å². The molecule has 3 aromatic rings. The maximum Gasteiger partial charge on any atom is 0.387 e. The Morgan fingerprint density at radius 3 is 2.71 bits per heavy atom. The molecule has 1 N–H and O–H groups in total. The zero-order valence-electron chi connectivity index (χ0n) is 17.7. The van der Waals surface area contributed by atoms with Gasteiger partial charge in [-0.15, -0.1) is 5.10 Å². The Balaban J connectivity index is 1.55. The van der Waals surface area contributed by atoms with Crippen molar-refractivity contribution in [2.45, 2.75) is 26.9 Å². The van der Waals surface area contributed by atoms with Crippen molar-refractivity contribution in [3.05, 3.63) is 41.1 Å². The zero-order valence-corrected chi connectivity index (χ0v) is 17.7. The van der Waals surface area contributed by atoms with Crippen molar-refractivity contribution in [2.24, 2.45) is 7.05 Å². The van der Waals surface area contributed by atoms with Crippen LogP contribution in [0.15, 0.2) is 24.3 Å². The molecule has 1 aromatic carbocycles. The monoisotopic (exact) mass is 434 g/mol. The second-order valence-corrected chi connectivity index (χ2v) is 6.96. The van der Waals surface area contributed by atoms with E-state index in [9.17, 15) is 13.6 Å². The molecule has 0 spiro atoms. The predicted molar refractivity (Wildman–Crippen MR) is 110 cm³/mol. The van der Waals surface area contributed by atoms with E-state index in [4.69, 9.17) is 9.47 Å². The predicted octanol–water partition coefficient (Wildman–Crippen LogP) is 2.93. The Hall–Kier alpha value is -3.43. The molecule has 0 aliphatic heterocycles. The van der Waals surface area contributed by atoms with Crippen molar-refractivity contribution in [1.82, 2.24) is 20.1 Å². The molecular weight excluding hydrogens is 410 g/mol. The van der Waals surface area contributed by atoms with Crippen molar-refractivity contribution in [2.75, 3.05) is 20.3 Å². The lowest BCUT2D eigenvalue weighted by Gasteiger charge is -2.12. The summed E-state index contributed by atoms with van der Waals surface area (Å²) in [4.78, 5) is 16.6. The van der Waals surface area contributed by atoms with Crippen LogP contribution in [-0.2, 0) is 18.3 Å². The molecule has 3 rings (SSSR count). The van der Waals surface area contributed by atoms with E-state index in [0.717, 1.165) is 16.6 Å². The van der Waals surface area contributed by atoms with E-state index in [1.54, 1.807) is 23.9 Å². The number of fused-ring (bicyclic) bond motifs is 1. The summed E-state index contributed by atoms with van der Waals surface area (Å²) < 4.78 is 41.8. The summed E-state index contributed by atoms with van der Waals surface area (Å²) in [6.45, 7) is 0.977. The summed E-state index contributed by atoms with van der Waals surface area (Å²) in [7, 11) is 3.14. The molecule has 166 valence electrons. The maximum absolute atomic E-state index is 12.5. The summed E-state index contributed by atoms with van der Waals surface area (Å²) in [5.41, 5.74) is 3.24. The summed E-state index contributed by atoms with van der Waals surface area (Å²) in [6, 6.07) is 6.66. The normalized spacial score (nSPS) is 11.1. The number of pyridine rings is 1. The molecule has 8 nitrogen and oxygen atoms in total. The molecule has 0 bridgehead atoms. The Morgan fingerprint density at radius 2 is 2.00 bits per heavy atom. The number of amides is 1. The minimum atomic E-state index is -2.95. The number of carbonyl (C=O) groups is 1. The Labute approximate surface area is 178 Å². The fourth-order valence-electron chi connectivity index (χ4n) is 3.25. The lowest BCUT2D eigenvalue weighted by atomic mass is 10.1. The number of nitrogens with zero attached hydrogens (tertiary/aromatic N) is 3. The number of nitrogens with one attached hydrogen (secondary N) is 1. The number of alkyl halides is 2. The molecule has 0 aliphatic carbocycles. The first kappa shape index (κ1) is 22.3. The van der Waals surface area contributed by atoms with Gasteiger partial charge < -0.3 is 19.5 Å². The van der Waals surface area contributed by atoms with Crippen LogP contribution in [0.2, 0.25) is 0 Å². The number of hydrogen-bond donors (Lipinski definition) is 1. The van der Waals surface area contributed by atoms with Gasteiger partial charge in [-0.25, -0.2) is 9.67 Å². The number of benzene rings is 1. The van der Waals surface area contributed by atoms with E-state index in [2.05, 4.69) is 20.1 Å². The molecule has 0 fully saturated rings. The fraction of sp³-hybridized carbons (Fsp3) is 0.381. The first-order chi connectivity index (χ1) is 14.8. The van der Waals surface area contributed by atoms with Crippen molar-refractivity contribution in [3.8, 4) is 17.4 Å². The molecule has 0 atom stereocenters. The van der Waals surface area contributed by atoms with Crippen molar-refractivity contribution >= 4 is 16.9 Å². The van der Waals surface area contributed by atoms with Gasteiger partial charge in [0.25, 0.3) is 5.91 Å². The topological polar surface area (TPSA) is 87.5 Å². The van der Waals surface area contributed by atoms with E-state index < -0.39 is 6.61 Å². The quantitative estimate of drug-likeness (QED) is 0.557. The second-order valence-electron chi connectivity index (χ2n) is 6.96. The third-order valence-electron chi connectivity index (χ3n) is 4.61. The largest absolute Gasteiger partial charge is 0.493 e. The van der Waals surface area contributed by atoms with Gasteiger partial charge >= 0.3 is 6.61 Å². The number of methoxy groups -OCH3 is 1. The minimum Gasteiger partial charge on any atom is -0.493 e. The van der Waals surface area contributed by atoms with Crippen LogP contribution in [0.25, 0.3) is 11.0 Å². The van der Waals surface area contributed by atoms with Gasteiger partial charge in [0.1, 0.15) is 0 Å². The summed E-state index contributed by atoms with van der Waals surface area (Å²) in [5, 5.41) is 7.81. The number of rotatable bonds is 9. The number of halogens is 2. The van der Waals surface area contributed by atoms with Crippen LogP contribution in [0.5, 0.6) is 17.4 Å². The fourth-order valence-corrected chi connectivity index (χ4v) is 3.25. The smallest absolute Gasteiger partial charge is 0.387 e. The van der Waals surface area contributed by atoms with Crippen molar-refractivity contribution < 1.29 is 27.8 Å². The van der Waals surface area contributed by atoms with Crippen LogP contribution in [0.3, 0.4) is 0 Å². The van der Waals surface area contributed by atoms with Crippen LogP contribution < -0.4 is 19.5 Å². The number of hydrogen-bond acceptors (Lipinski definition) is 6. The van der Waals surface area contributed by atoms with E-state index in [1.807, 2.05) is 19.9 Å². The van der Waals surface area contributed by atoms with Crippen molar-refractivity contribution in [1.29, 1.82) is 0 Å². The highest BCUT2D eigenvalue weighted by Crippen LogP contribution is 2.29. The van der Waals surface area contributed by atoms with E-state index in [-0.39, 0.29) is 24.0 Å². The third-order valence-corrected chi connectivity index (χ3v) is 4.61. The maximum atomic E-state index is 12.5. The summed E-state index contributed by atoms with van der Waals surface area (Å²) >= 11 is 0. The molecule has 0 saturated heterocycles. The number of carbonyl (C=O) groups excluding carboxylic acids is 1. The van der Waals surface area contributed by atoms with Gasteiger partial charge in [0.2, 0.25) is 5.88 Å². The molecule has 1 amide bonds. The van der Waals surface area contributed by atoms with E-state index in [1.165, 1.54) is 13.2 Å². The van der Waals surface area contributed by atoms with Gasteiger partial charge in [-0.1, -0.05) is 6.07 Å². The zero-order chi connectivity index (χ0) is 22.5. The first-order valence-corrected chi connectivity index (χ1v) is 9.60. The third kappa shape index (κ3) is 5.39. The van der Waals surface area contributed by atoms with Crippen LogP contribution >= 0.6 is 0 Å². The molecule has 2 heterocycles. The van der Waals surface area contributed by atoms with Gasteiger partial charge in [-0.3, -0.25) is 4.79 Å². The molecule has 10 heteroatoms. The molecule has 0 saturated carbocycles. The Kier molecular flexibility index (Phi) is 6.88. The molecule has 31 heavy (non-hydrogen) atoms. The Bertz CT molecular complexity index is 1080. The van der Waals surface area contributed by atoms with Gasteiger partial charge in [0.15, 0.2) is 23.8 Å². The van der Waals surface area contributed by atoms with Crippen LogP contribution in [0.1, 0.15) is 16.8 Å². The van der Waals surface area contributed by atoms with Gasteiger partial charge in [0, 0.05) is 19.3 Å².